The number of fused-ring (bicyclic) bond motifs is 1. The minimum Gasteiger partial charge on any atom is -0.477 e. The molecular weight excluding hydrogens is 290 g/mol. The van der Waals surface area contributed by atoms with Crippen molar-refractivity contribution in [1.82, 2.24) is 4.90 Å². The number of thiophene rings is 1. The van der Waals surface area contributed by atoms with Crippen LogP contribution in [0.15, 0.2) is 24.3 Å². The van der Waals surface area contributed by atoms with Gasteiger partial charge in [0.05, 0.1) is 0 Å². The lowest BCUT2D eigenvalue weighted by Crippen LogP contribution is -2.26. The summed E-state index contributed by atoms with van der Waals surface area (Å²) in [5.74, 6) is 1.56. The summed E-state index contributed by atoms with van der Waals surface area (Å²) in [5, 5.41) is 10.5. The van der Waals surface area contributed by atoms with E-state index in [1.807, 2.05) is 36.0 Å². The van der Waals surface area contributed by atoms with E-state index in [0.717, 1.165) is 41.0 Å². The van der Waals surface area contributed by atoms with E-state index in [2.05, 4.69) is 4.90 Å². The van der Waals surface area contributed by atoms with Gasteiger partial charge in [-0.05, 0) is 35.7 Å². The number of nitrogens with zero attached hydrogens (tertiary/aromatic N) is 1. The number of carbonyl (C=O) groups is 1. The number of carboxylic acid groups (broad SMARTS) is 1. The zero-order valence-electron chi connectivity index (χ0n) is 11.2. The fourth-order valence-corrected chi connectivity index (χ4v) is 4.59. The van der Waals surface area contributed by atoms with E-state index in [-0.39, 0.29) is 0 Å². The molecule has 1 aliphatic heterocycles. The summed E-state index contributed by atoms with van der Waals surface area (Å²) in [6, 6.07) is 8.01. The second-order valence-electron chi connectivity index (χ2n) is 4.95. The zero-order valence-corrected chi connectivity index (χ0v) is 12.8. The first-order valence-corrected chi connectivity index (χ1v) is 8.76. The third-order valence-corrected chi connectivity index (χ3v) is 5.84. The minimum absolute atomic E-state index is 0.503. The highest BCUT2D eigenvalue weighted by Crippen LogP contribution is 2.32. The van der Waals surface area contributed by atoms with Gasteiger partial charge < -0.3 is 5.11 Å². The molecule has 20 heavy (non-hydrogen) atoms. The highest BCUT2D eigenvalue weighted by molar-refractivity contribution is 7.99. The third-order valence-electron chi connectivity index (χ3n) is 3.59. The predicted octanol–water partition coefficient (Wildman–Crippen LogP) is 3.54. The molecule has 3 rings (SSSR count). The molecule has 1 aliphatic rings. The number of hydrogen-bond acceptors (Lipinski definition) is 4. The van der Waals surface area contributed by atoms with Gasteiger partial charge in [0.15, 0.2) is 0 Å². The lowest BCUT2D eigenvalue weighted by Gasteiger charge is -2.19. The summed E-state index contributed by atoms with van der Waals surface area (Å²) in [4.78, 5) is 14.4. The Morgan fingerprint density at radius 3 is 2.95 bits per heavy atom. The molecule has 0 amide bonds. The van der Waals surface area contributed by atoms with Crippen LogP contribution in [0, 0.1) is 0 Å². The van der Waals surface area contributed by atoms with Gasteiger partial charge >= 0.3 is 5.97 Å². The maximum Gasteiger partial charge on any atom is 0.346 e. The molecule has 3 nitrogen and oxygen atoms in total. The van der Waals surface area contributed by atoms with Crippen LogP contribution in [-0.4, -0.2) is 40.6 Å². The Morgan fingerprint density at radius 1 is 1.25 bits per heavy atom. The molecule has 106 valence electrons. The normalized spacial score (nSPS) is 17.2. The first-order valence-electron chi connectivity index (χ1n) is 6.79. The van der Waals surface area contributed by atoms with E-state index in [9.17, 15) is 9.90 Å². The van der Waals surface area contributed by atoms with E-state index in [0.29, 0.717) is 4.88 Å². The average Bonchev–Trinajstić information content (AvgIpc) is 2.62. The van der Waals surface area contributed by atoms with E-state index in [1.165, 1.54) is 23.5 Å². The van der Waals surface area contributed by atoms with Gasteiger partial charge in [-0.25, -0.2) is 4.79 Å². The van der Waals surface area contributed by atoms with Crippen LogP contribution in [-0.2, 0) is 6.54 Å². The molecule has 1 aromatic heterocycles. The minimum atomic E-state index is -0.801. The van der Waals surface area contributed by atoms with Crippen molar-refractivity contribution in [2.24, 2.45) is 0 Å². The molecule has 1 aromatic carbocycles. The molecule has 0 unspecified atom stereocenters. The fourth-order valence-electron chi connectivity index (χ4n) is 2.61. The average molecular weight is 307 g/mol. The van der Waals surface area contributed by atoms with Crippen molar-refractivity contribution in [1.29, 1.82) is 0 Å². The third kappa shape index (κ3) is 2.85. The van der Waals surface area contributed by atoms with Crippen molar-refractivity contribution in [2.75, 3.05) is 24.6 Å². The SMILES string of the molecule is O=C(O)c1sc2ccccc2c1CN1CCCSCC1. The van der Waals surface area contributed by atoms with Crippen LogP contribution in [0.4, 0.5) is 0 Å². The highest BCUT2D eigenvalue weighted by Gasteiger charge is 2.20. The molecule has 0 atom stereocenters. The van der Waals surface area contributed by atoms with Crippen molar-refractivity contribution in [2.45, 2.75) is 13.0 Å². The molecule has 0 saturated carbocycles. The first kappa shape index (κ1) is 13.9. The number of hydrogen-bond donors (Lipinski definition) is 1. The molecule has 2 aromatic rings. The van der Waals surface area contributed by atoms with Gasteiger partial charge in [0.25, 0.3) is 0 Å². The summed E-state index contributed by atoms with van der Waals surface area (Å²) in [7, 11) is 0. The van der Waals surface area contributed by atoms with Gasteiger partial charge in [0.1, 0.15) is 4.88 Å². The van der Waals surface area contributed by atoms with Gasteiger partial charge in [0, 0.05) is 23.5 Å². The Bertz CT molecular complexity index is 615. The summed E-state index contributed by atoms with van der Waals surface area (Å²) < 4.78 is 1.07. The Balaban J connectivity index is 1.95. The van der Waals surface area contributed by atoms with Crippen molar-refractivity contribution < 1.29 is 9.90 Å². The molecule has 5 heteroatoms. The molecule has 0 radical (unpaired) electrons. The van der Waals surface area contributed by atoms with E-state index < -0.39 is 5.97 Å². The number of carboxylic acids is 1. The fraction of sp³-hybridized carbons (Fsp3) is 0.400. The zero-order chi connectivity index (χ0) is 13.9. The topological polar surface area (TPSA) is 40.5 Å². The molecule has 2 heterocycles. The van der Waals surface area contributed by atoms with Gasteiger partial charge in [0.2, 0.25) is 0 Å². The molecule has 1 saturated heterocycles. The number of benzene rings is 1. The van der Waals surface area contributed by atoms with Gasteiger partial charge in [-0.3, -0.25) is 4.90 Å². The molecule has 0 aliphatic carbocycles. The largest absolute Gasteiger partial charge is 0.477 e. The second kappa shape index (κ2) is 6.16. The van der Waals surface area contributed by atoms with Crippen LogP contribution in [0.3, 0.4) is 0 Å². The van der Waals surface area contributed by atoms with Crippen molar-refractivity contribution >= 4 is 39.2 Å². The van der Waals surface area contributed by atoms with Crippen LogP contribution >= 0.6 is 23.1 Å². The second-order valence-corrected chi connectivity index (χ2v) is 7.23. The molecule has 0 spiro atoms. The summed E-state index contributed by atoms with van der Waals surface area (Å²) in [5.41, 5.74) is 0.991. The Morgan fingerprint density at radius 2 is 2.10 bits per heavy atom. The first-order chi connectivity index (χ1) is 9.75. The lowest BCUT2D eigenvalue weighted by atomic mass is 10.1. The summed E-state index contributed by atoms with van der Waals surface area (Å²) in [6.07, 6.45) is 1.19. The standard InChI is InChI=1S/C15H17NO2S2/c17-15(18)14-12(10-16-6-3-8-19-9-7-16)11-4-1-2-5-13(11)20-14/h1-2,4-5H,3,6-10H2,(H,17,18). The van der Waals surface area contributed by atoms with Crippen LogP contribution < -0.4 is 0 Å². The maximum atomic E-state index is 11.5. The van der Waals surface area contributed by atoms with Crippen LogP contribution in [0.5, 0.6) is 0 Å². The molecule has 1 fully saturated rings. The number of rotatable bonds is 3. The maximum absolute atomic E-state index is 11.5. The highest BCUT2D eigenvalue weighted by atomic mass is 32.2. The lowest BCUT2D eigenvalue weighted by molar-refractivity contribution is 0.0700. The van der Waals surface area contributed by atoms with E-state index >= 15 is 0 Å². The predicted molar refractivity (Wildman–Crippen MR) is 86.0 cm³/mol. The number of thioether (sulfide) groups is 1. The van der Waals surface area contributed by atoms with Crippen LogP contribution in [0.1, 0.15) is 21.7 Å². The Labute approximate surface area is 126 Å². The van der Waals surface area contributed by atoms with Crippen LogP contribution in [0.25, 0.3) is 10.1 Å². The van der Waals surface area contributed by atoms with Crippen molar-refractivity contribution in [3.05, 3.63) is 34.7 Å². The monoisotopic (exact) mass is 307 g/mol. The number of aromatic carboxylic acids is 1. The Hall–Kier alpha value is -1.04. The Kier molecular flexibility index (Phi) is 4.29. The quantitative estimate of drug-likeness (QED) is 0.941. The van der Waals surface area contributed by atoms with Gasteiger partial charge in [-0.1, -0.05) is 18.2 Å². The van der Waals surface area contributed by atoms with Gasteiger partial charge in [-0.2, -0.15) is 11.8 Å². The molecule has 1 N–H and O–H groups in total. The van der Waals surface area contributed by atoms with Crippen molar-refractivity contribution in [3.63, 3.8) is 0 Å². The van der Waals surface area contributed by atoms with Crippen molar-refractivity contribution in [3.8, 4) is 0 Å². The molecular formula is C15H17NO2S2. The van der Waals surface area contributed by atoms with Crippen LogP contribution in [0.2, 0.25) is 0 Å². The van der Waals surface area contributed by atoms with Gasteiger partial charge in [-0.15, -0.1) is 11.3 Å². The van der Waals surface area contributed by atoms with E-state index in [1.54, 1.807) is 0 Å². The summed E-state index contributed by atoms with van der Waals surface area (Å²) in [6.45, 7) is 2.87. The smallest absolute Gasteiger partial charge is 0.346 e. The summed E-state index contributed by atoms with van der Waals surface area (Å²) >= 11 is 3.39. The van der Waals surface area contributed by atoms with E-state index in [4.69, 9.17) is 0 Å². The molecule has 0 bridgehead atoms.